The van der Waals surface area contributed by atoms with Crippen LogP contribution in [0.15, 0.2) is 36.9 Å². The number of nitrogens with zero attached hydrogens (tertiary/aromatic N) is 4. The number of benzene rings is 1. The van der Waals surface area contributed by atoms with Crippen molar-refractivity contribution >= 4 is 17.3 Å². The number of nitrogens with one attached hydrogen (secondary N) is 1. The first-order valence-electron chi connectivity index (χ1n) is 8.85. The zero-order valence-corrected chi connectivity index (χ0v) is 15.4. The molecule has 1 fully saturated rings. The molecule has 5 heteroatoms. The van der Waals surface area contributed by atoms with E-state index in [1.54, 1.807) is 0 Å². The van der Waals surface area contributed by atoms with Crippen molar-refractivity contribution in [2.75, 3.05) is 47.8 Å². The number of rotatable bonds is 5. The van der Waals surface area contributed by atoms with Gasteiger partial charge in [0, 0.05) is 44.5 Å². The Bertz CT molecular complexity index is 748. The summed E-state index contributed by atoms with van der Waals surface area (Å²) in [4.78, 5) is 13.9. The van der Waals surface area contributed by atoms with Crippen molar-refractivity contribution in [3.63, 3.8) is 0 Å². The highest BCUT2D eigenvalue weighted by atomic mass is 15.3. The molecule has 2 aromatic rings. The third-order valence-corrected chi connectivity index (χ3v) is 4.77. The Labute approximate surface area is 150 Å². The van der Waals surface area contributed by atoms with Crippen molar-refractivity contribution in [1.29, 1.82) is 0 Å². The molecule has 0 bridgehead atoms. The third kappa shape index (κ3) is 3.92. The predicted molar refractivity (Wildman–Crippen MR) is 106 cm³/mol. The number of aryl methyl sites for hydroxylation is 2. The highest BCUT2D eigenvalue weighted by molar-refractivity contribution is 5.58. The van der Waals surface area contributed by atoms with Crippen LogP contribution < -0.4 is 15.1 Å². The zero-order chi connectivity index (χ0) is 17.8. The molecule has 5 nitrogen and oxygen atoms in total. The zero-order valence-electron chi connectivity index (χ0n) is 15.4. The first-order chi connectivity index (χ1) is 12.1. The lowest BCUT2D eigenvalue weighted by atomic mass is 10.1. The third-order valence-electron chi connectivity index (χ3n) is 4.77. The Morgan fingerprint density at radius 3 is 2.52 bits per heavy atom. The number of anilines is 3. The maximum atomic E-state index is 4.63. The van der Waals surface area contributed by atoms with Crippen LogP contribution in [0.1, 0.15) is 17.0 Å². The van der Waals surface area contributed by atoms with Gasteiger partial charge in [-0.25, -0.2) is 9.97 Å². The molecule has 0 aliphatic carbocycles. The molecule has 1 aliphatic heterocycles. The molecule has 0 amide bonds. The fourth-order valence-corrected chi connectivity index (χ4v) is 3.24. The van der Waals surface area contributed by atoms with E-state index in [9.17, 15) is 0 Å². The van der Waals surface area contributed by atoms with Gasteiger partial charge < -0.3 is 15.1 Å². The van der Waals surface area contributed by atoms with Crippen molar-refractivity contribution in [2.24, 2.45) is 0 Å². The minimum absolute atomic E-state index is 0.705. The second kappa shape index (κ2) is 7.55. The normalized spacial score (nSPS) is 14.5. The second-order valence-corrected chi connectivity index (χ2v) is 6.52. The van der Waals surface area contributed by atoms with Crippen molar-refractivity contribution in [3.05, 3.63) is 53.9 Å². The van der Waals surface area contributed by atoms with Crippen molar-refractivity contribution < 1.29 is 0 Å². The summed E-state index contributed by atoms with van der Waals surface area (Å²) in [5, 5.41) is 3.26. The van der Waals surface area contributed by atoms with Gasteiger partial charge in [0.05, 0.1) is 0 Å². The molecule has 0 radical (unpaired) electrons. The van der Waals surface area contributed by atoms with Crippen LogP contribution in [0.25, 0.3) is 0 Å². The van der Waals surface area contributed by atoms with E-state index in [0.29, 0.717) is 6.54 Å². The lowest BCUT2D eigenvalue weighted by Crippen LogP contribution is -2.47. The van der Waals surface area contributed by atoms with E-state index in [2.05, 4.69) is 63.7 Å². The van der Waals surface area contributed by atoms with Crippen LogP contribution in [-0.2, 0) is 0 Å². The average molecular weight is 337 g/mol. The molecule has 1 N–H and O–H groups in total. The molecule has 132 valence electrons. The number of hydrogen-bond donors (Lipinski definition) is 1. The van der Waals surface area contributed by atoms with E-state index in [0.717, 1.165) is 43.6 Å². The van der Waals surface area contributed by atoms with Gasteiger partial charge in [-0.1, -0.05) is 18.2 Å². The Hall–Kier alpha value is -2.56. The molecule has 0 saturated carbocycles. The van der Waals surface area contributed by atoms with Gasteiger partial charge in [-0.15, -0.1) is 6.58 Å². The summed E-state index contributed by atoms with van der Waals surface area (Å²) in [7, 11) is 0. The summed E-state index contributed by atoms with van der Waals surface area (Å²) in [6.07, 6.45) is 1.83. The minimum atomic E-state index is 0.705. The van der Waals surface area contributed by atoms with E-state index < -0.39 is 0 Å². The largest absolute Gasteiger partial charge is 0.368 e. The molecule has 1 saturated heterocycles. The molecular weight excluding hydrogens is 310 g/mol. The molecule has 1 aliphatic rings. The van der Waals surface area contributed by atoms with Gasteiger partial charge >= 0.3 is 0 Å². The van der Waals surface area contributed by atoms with Gasteiger partial charge in [-0.2, -0.15) is 0 Å². The Balaban J connectivity index is 1.71. The summed E-state index contributed by atoms with van der Waals surface area (Å²) in [5.41, 5.74) is 4.08. The van der Waals surface area contributed by atoms with Crippen LogP contribution in [0.2, 0.25) is 0 Å². The van der Waals surface area contributed by atoms with Gasteiger partial charge in [0.1, 0.15) is 17.5 Å². The van der Waals surface area contributed by atoms with Gasteiger partial charge in [-0.3, -0.25) is 0 Å². The summed E-state index contributed by atoms with van der Waals surface area (Å²) in [6.45, 7) is 14.7. The molecule has 1 aromatic carbocycles. The highest BCUT2D eigenvalue weighted by Gasteiger charge is 2.20. The van der Waals surface area contributed by atoms with Gasteiger partial charge in [0.15, 0.2) is 0 Å². The summed E-state index contributed by atoms with van der Waals surface area (Å²) < 4.78 is 0. The van der Waals surface area contributed by atoms with Crippen LogP contribution in [-0.4, -0.2) is 42.7 Å². The van der Waals surface area contributed by atoms with Crippen molar-refractivity contribution in [2.45, 2.75) is 20.8 Å². The molecule has 2 heterocycles. The predicted octanol–water partition coefficient (Wildman–Crippen LogP) is 3.33. The first-order valence-corrected chi connectivity index (χ1v) is 8.85. The molecule has 0 atom stereocenters. The number of aromatic nitrogens is 2. The summed E-state index contributed by atoms with van der Waals surface area (Å²) >= 11 is 0. The van der Waals surface area contributed by atoms with Crippen LogP contribution in [0.5, 0.6) is 0 Å². The standard InChI is InChI=1S/C20H27N5/c1-5-9-21-19-14-20(23-17(4)22-19)25-12-10-24(11-13-25)18-8-6-7-15(2)16(18)3/h5-8,14H,1,9-13H2,2-4H3,(H,21,22,23). The van der Waals surface area contributed by atoms with Crippen LogP contribution >= 0.6 is 0 Å². The topological polar surface area (TPSA) is 44.3 Å². The molecule has 0 spiro atoms. The van der Waals surface area contributed by atoms with Crippen molar-refractivity contribution in [1.82, 2.24) is 9.97 Å². The fraction of sp³-hybridized carbons (Fsp3) is 0.400. The van der Waals surface area contributed by atoms with Gasteiger partial charge in [-0.05, 0) is 38.0 Å². The average Bonchev–Trinajstić information content (AvgIpc) is 2.62. The van der Waals surface area contributed by atoms with E-state index in [1.165, 1.54) is 16.8 Å². The molecular formula is C20H27N5. The molecule has 3 rings (SSSR count). The molecule has 0 unspecified atom stereocenters. The van der Waals surface area contributed by atoms with Crippen molar-refractivity contribution in [3.8, 4) is 0 Å². The minimum Gasteiger partial charge on any atom is -0.368 e. The molecule has 1 aromatic heterocycles. The summed E-state index contributed by atoms with van der Waals surface area (Å²) in [6, 6.07) is 8.58. The quantitative estimate of drug-likeness (QED) is 0.848. The van der Waals surface area contributed by atoms with E-state index in [-0.39, 0.29) is 0 Å². The maximum absolute atomic E-state index is 4.63. The fourth-order valence-electron chi connectivity index (χ4n) is 3.24. The smallest absolute Gasteiger partial charge is 0.134 e. The number of hydrogen-bond acceptors (Lipinski definition) is 5. The maximum Gasteiger partial charge on any atom is 0.134 e. The Morgan fingerprint density at radius 2 is 1.80 bits per heavy atom. The van der Waals surface area contributed by atoms with E-state index in [4.69, 9.17) is 0 Å². The van der Waals surface area contributed by atoms with Gasteiger partial charge in [0.2, 0.25) is 0 Å². The van der Waals surface area contributed by atoms with E-state index in [1.807, 2.05) is 19.1 Å². The Kier molecular flexibility index (Phi) is 5.22. The monoisotopic (exact) mass is 337 g/mol. The Morgan fingerprint density at radius 1 is 1.08 bits per heavy atom. The number of piperazine rings is 1. The van der Waals surface area contributed by atoms with Crippen LogP contribution in [0, 0.1) is 20.8 Å². The summed E-state index contributed by atoms with van der Waals surface area (Å²) in [5.74, 6) is 2.65. The van der Waals surface area contributed by atoms with Crippen LogP contribution in [0.3, 0.4) is 0 Å². The van der Waals surface area contributed by atoms with Gasteiger partial charge in [0.25, 0.3) is 0 Å². The lowest BCUT2D eigenvalue weighted by molar-refractivity contribution is 0.644. The highest BCUT2D eigenvalue weighted by Crippen LogP contribution is 2.25. The van der Waals surface area contributed by atoms with E-state index >= 15 is 0 Å². The van der Waals surface area contributed by atoms with Crippen LogP contribution in [0.4, 0.5) is 17.3 Å². The lowest BCUT2D eigenvalue weighted by Gasteiger charge is -2.37. The molecule has 25 heavy (non-hydrogen) atoms. The first kappa shape index (κ1) is 17.3. The second-order valence-electron chi connectivity index (χ2n) is 6.52. The SMILES string of the molecule is C=CCNc1cc(N2CCN(c3cccc(C)c3C)CC2)nc(C)n1.